The highest BCUT2D eigenvalue weighted by Crippen LogP contribution is 2.18. The number of aliphatic imine (C=N–C) groups is 1. The van der Waals surface area contributed by atoms with Crippen LogP contribution in [-0.4, -0.2) is 44.3 Å². The molecule has 1 heterocycles. The Morgan fingerprint density at radius 2 is 2.07 bits per heavy atom. The van der Waals surface area contributed by atoms with Gasteiger partial charge in [0, 0.05) is 49.6 Å². The fraction of sp³-hybridized carbons (Fsp3) is 0.500. The second kappa shape index (κ2) is 12.2. The average Bonchev–Trinajstić information content (AvgIpc) is 3.16. The lowest BCUT2D eigenvalue weighted by atomic mass is 10.3. The summed E-state index contributed by atoms with van der Waals surface area (Å²) in [4.78, 5) is 10.4. The van der Waals surface area contributed by atoms with Gasteiger partial charge in [-0.05, 0) is 25.5 Å². The molecule has 0 bridgehead atoms. The van der Waals surface area contributed by atoms with E-state index in [-0.39, 0.29) is 0 Å². The molecule has 0 atom stereocenters. The number of aromatic nitrogens is 1. The van der Waals surface area contributed by atoms with Crippen LogP contribution in [0, 0.1) is 0 Å². The molecule has 0 amide bonds. The normalized spacial score (nSPS) is 11.3. The second-order valence-electron chi connectivity index (χ2n) is 5.89. The number of rotatable bonds is 11. The number of nitrogens with zero attached hydrogens (tertiary/aromatic N) is 2. The zero-order valence-corrected chi connectivity index (χ0v) is 17.3. The first kappa shape index (κ1) is 21.0. The first-order valence-electron chi connectivity index (χ1n) is 9.47. The maximum absolute atomic E-state index is 5.75. The molecule has 2 N–H and O–H groups in total. The number of aryl methyl sites for hydroxylation is 1. The Labute approximate surface area is 166 Å². The minimum Gasteiger partial charge on any atom is -0.497 e. The first-order valence-corrected chi connectivity index (χ1v) is 10.3. The molecule has 1 aromatic heterocycles. The van der Waals surface area contributed by atoms with Gasteiger partial charge in [-0.3, -0.25) is 4.99 Å². The number of hydrogen-bond donors (Lipinski definition) is 2. The zero-order chi connectivity index (χ0) is 19.3. The summed E-state index contributed by atoms with van der Waals surface area (Å²) < 4.78 is 10.9. The maximum atomic E-state index is 5.75. The molecule has 2 rings (SSSR count). The summed E-state index contributed by atoms with van der Waals surface area (Å²) in [6.45, 7) is 7.21. The fourth-order valence-electron chi connectivity index (χ4n) is 2.39. The summed E-state index contributed by atoms with van der Waals surface area (Å²) in [5.41, 5.74) is 0. The molecule has 0 aliphatic rings. The monoisotopic (exact) mass is 390 g/mol. The Hall–Kier alpha value is -2.28. The third-order valence-electron chi connectivity index (χ3n) is 3.81. The van der Waals surface area contributed by atoms with Crippen molar-refractivity contribution in [1.29, 1.82) is 0 Å². The third-order valence-corrected chi connectivity index (χ3v) is 5.01. The van der Waals surface area contributed by atoms with Crippen molar-refractivity contribution in [3.63, 3.8) is 0 Å². The minimum absolute atomic E-state index is 0.620. The largest absolute Gasteiger partial charge is 0.497 e. The second-order valence-corrected chi connectivity index (χ2v) is 7.09. The van der Waals surface area contributed by atoms with Gasteiger partial charge in [0.15, 0.2) is 5.96 Å². The minimum atomic E-state index is 0.620. The van der Waals surface area contributed by atoms with Gasteiger partial charge in [0.2, 0.25) is 0 Å². The summed E-state index contributed by atoms with van der Waals surface area (Å²) in [6.07, 6.45) is 4.78. The van der Waals surface area contributed by atoms with Gasteiger partial charge in [0.25, 0.3) is 0 Å². The molecule has 2 aromatic rings. The molecule has 148 valence electrons. The molecule has 0 saturated heterocycles. The highest BCUT2D eigenvalue weighted by atomic mass is 32.1. The van der Waals surface area contributed by atoms with E-state index in [1.165, 1.54) is 9.88 Å². The highest BCUT2D eigenvalue weighted by Gasteiger charge is 2.02. The van der Waals surface area contributed by atoms with Gasteiger partial charge in [0.05, 0.1) is 18.7 Å². The maximum Gasteiger partial charge on any atom is 0.191 e. The van der Waals surface area contributed by atoms with E-state index in [1.807, 2.05) is 30.5 Å². The van der Waals surface area contributed by atoms with Crippen molar-refractivity contribution in [1.82, 2.24) is 15.6 Å². The lowest BCUT2D eigenvalue weighted by molar-refractivity contribution is 0.311. The molecular formula is C20H30N4O2S. The quantitative estimate of drug-likeness (QED) is 0.350. The van der Waals surface area contributed by atoms with Crippen LogP contribution in [0.5, 0.6) is 11.5 Å². The summed E-state index contributed by atoms with van der Waals surface area (Å²) in [5, 5.41) is 7.81. The molecule has 0 saturated carbocycles. The number of methoxy groups -OCH3 is 1. The fourth-order valence-corrected chi connectivity index (χ4v) is 3.25. The van der Waals surface area contributed by atoms with Gasteiger partial charge in [-0.1, -0.05) is 13.0 Å². The van der Waals surface area contributed by atoms with Crippen LogP contribution < -0.4 is 20.1 Å². The average molecular weight is 391 g/mol. The van der Waals surface area contributed by atoms with Crippen molar-refractivity contribution < 1.29 is 9.47 Å². The van der Waals surface area contributed by atoms with Gasteiger partial charge in [-0.25, -0.2) is 4.98 Å². The van der Waals surface area contributed by atoms with Crippen LogP contribution in [0.3, 0.4) is 0 Å². The topological polar surface area (TPSA) is 67.8 Å². The third kappa shape index (κ3) is 7.86. The van der Waals surface area contributed by atoms with Crippen LogP contribution in [0.15, 0.2) is 35.5 Å². The number of ether oxygens (including phenoxy) is 2. The Morgan fingerprint density at radius 1 is 1.22 bits per heavy atom. The van der Waals surface area contributed by atoms with Gasteiger partial charge in [-0.15, -0.1) is 11.3 Å². The van der Waals surface area contributed by atoms with Crippen molar-refractivity contribution in [2.45, 2.75) is 33.1 Å². The zero-order valence-electron chi connectivity index (χ0n) is 16.5. The Bertz CT molecular complexity index is 703. The standard InChI is InChI=1S/C20H30N4O2S/c1-4-18-15-24-19(27-18)10-12-23-20(21-5-2)22-11-7-13-26-17-9-6-8-16(14-17)25-3/h6,8-9,14-15H,4-5,7,10-13H2,1-3H3,(H2,21,22,23). The van der Waals surface area contributed by atoms with E-state index in [1.54, 1.807) is 18.4 Å². The predicted molar refractivity (Wildman–Crippen MR) is 112 cm³/mol. The van der Waals surface area contributed by atoms with E-state index in [9.17, 15) is 0 Å². The molecule has 27 heavy (non-hydrogen) atoms. The molecule has 0 aliphatic heterocycles. The number of guanidine groups is 1. The van der Waals surface area contributed by atoms with Crippen molar-refractivity contribution >= 4 is 17.3 Å². The smallest absolute Gasteiger partial charge is 0.191 e. The van der Waals surface area contributed by atoms with Crippen LogP contribution >= 0.6 is 11.3 Å². The van der Waals surface area contributed by atoms with Crippen molar-refractivity contribution in [3.05, 3.63) is 40.3 Å². The van der Waals surface area contributed by atoms with Gasteiger partial charge >= 0.3 is 0 Å². The summed E-state index contributed by atoms with van der Waals surface area (Å²) in [5.74, 6) is 2.46. The molecule has 6 nitrogen and oxygen atoms in total. The molecule has 0 fully saturated rings. The number of hydrogen-bond acceptors (Lipinski definition) is 5. The van der Waals surface area contributed by atoms with E-state index in [0.29, 0.717) is 13.2 Å². The Kier molecular flexibility index (Phi) is 9.48. The lowest BCUT2D eigenvalue weighted by Crippen LogP contribution is -2.38. The summed E-state index contributed by atoms with van der Waals surface area (Å²) >= 11 is 1.79. The van der Waals surface area contributed by atoms with E-state index in [2.05, 4.69) is 34.5 Å². The van der Waals surface area contributed by atoms with E-state index >= 15 is 0 Å². The number of benzene rings is 1. The highest BCUT2D eigenvalue weighted by molar-refractivity contribution is 7.11. The van der Waals surface area contributed by atoms with Gasteiger partial charge in [-0.2, -0.15) is 0 Å². The van der Waals surface area contributed by atoms with Crippen LogP contribution in [0.2, 0.25) is 0 Å². The van der Waals surface area contributed by atoms with Crippen LogP contribution in [0.4, 0.5) is 0 Å². The van der Waals surface area contributed by atoms with Gasteiger partial charge in [0.1, 0.15) is 11.5 Å². The molecule has 1 aromatic carbocycles. The first-order chi connectivity index (χ1) is 13.2. The van der Waals surface area contributed by atoms with Crippen LogP contribution in [0.25, 0.3) is 0 Å². The molecule has 7 heteroatoms. The lowest BCUT2D eigenvalue weighted by Gasteiger charge is -2.11. The molecule has 0 unspecified atom stereocenters. The van der Waals surface area contributed by atoms with Crippen molar-refractivity contribution in [2.75, 3.05) is 33.4 Å². The molecule has 0 spiro atoms. The van der Waals surface area contributed by atoms with Gasteiger partial charge < -0.3 is 20.1 Å². The molecule has 0 radical (unpaired) electrons. The molecular weight excluding hydrogens is 360 g/mol. The number of thiazole rings is 1. The van der Waals surface area contributed by atoms with E-state index in [0.717, 1.165) is 49.8 Å². The summed E-state index contributed by atoms with van der Waals surface area (Å²) in [6, 6.07) is 7.64. The summed E-state index contributed by atoms with van der Waals surface area (Å²) in [7, 11) is 1.65. The van der Waals surface area contributed by atoms with Crippen LogP contribution in [-0.2, 0) is 12.8 Å². The van der Waals surface area contributed by atoms with Crippen molar-refractivity contribution in [3.8, 4) is 11.5 Å². The van der Waals surface area contributed by atoms with Crippen molar-refractivity contribution in [2.24, 2.45) is 4.99 Å². The van der Waals surface area contributed by atoms with E-state index < -0.39 is 0 Å². The Morgan fingerprint density at radius 3 is 2.81 bits per heavy atom. The number of nitrogens with one attached hydrogen (secondary N) is 2. The predicted octanol–water partition coefficient (Wildman–Crippen LogP) is 3.28. The molecule has 0 aliphatic carbocycles. The Balaban J connectivity index is 1.69. The van der Waals surface area contributed by atoms with E-state index in [4.69, 9.17) is 9.47 Å². The SMILES string of the molecule is CCNC(=NCCCOc1cccc(OC)c1)NCCc1ncc(CC)s1. The van der Waals surface area contributed by atoms with Crippen LogP contribution in [0.1, 0.15) is 30.2 Å².